The lowest BCUT2D eigenvalue weighted by molar-refractivity contribution is -0.125. The zero-order valence-corrected chi connectivity index (χ0v) is 13.4. The van der Waals surface area contributed by atoms with E-state index in [1.807, 2.05) is 18.2 Å². The summed E-state index contributed by atoms with van der Waals surface area (Å²) in [6.45, 7) is 1.19. The first kappa shape index (κ1) is 16.6. The van der Waals surface area contributed by atoms with Crippen molar-refractivity contribution in [2.45, 2.75) is 25.7 Å². The van der Waals surface area contributed by atoms with Gasteiger partial charge in [-0.3, -0.25) is 4.79 Å². The van der Waals surface area contributed by atoms with Crippen LogP contribution in [0.2, 0.25) is 0 Å². The van der Waals surface area contributed by atoms with E-state index in [2.05, 4.69) is 5.32 Å². The third-order valence-electron chi connectivity index (χ3n) is 4.48. The minimum absolute atomic E-state index is 0.0807. The molecular weight excluding hydrogens is 280 g/mol. The first-order valence-corrected chi connectivity index (χ1v) is 7.88. The number of carbonyl (C=O) groups excluding carboxylic acids is 1. The van der Waals surface area contributed by atoms with Crippen molar-refractivity contribution in [3.8, 4) is 11.5 Å². The van der Waals surface area contributed by atoms with Crippen molar-refractivity contribution >= 4 is 5.91 Å². The second-order valence-corrected chi connectivity index (χ2v) is 5.75. The lowest BCUT2D eigenvalue weighted by Gasteiger charge is -2.17. The van der Waals surface area contributed by atoms with Gasteiger partial charge in [0.2, 0.25) is 5.91 Å². The molecule has 3 N–H and O–H groups in total. The number of carbonyl (C=O) groups is 1. The maximum Gasteiger partial charge on any atom is 0.223 e. The van der Waals surface area contributed by atoms with Gasteiger partial charge >= 0.3 is 0 Å². The second kappa shape index (κ2) is 8.03. The lowest BCUT2D eigenvalue weighted by Crippen LogP contribution is -2.36. The van der Waals surface area contributed by atoms with Crippen LogP contribution in [0.1, 0.15) is 24.8 Å². The largest absolute Gasteiger partial charge is 0.497 e. The summed E-state index contributed by atoms with van der Waals surface area (Å²) in [6, 6.07) is 5.70. The summed E-state index contributed by atoms with van der Waals surface area (Å²) in [7, 11) is 3.29. The van der Waals surface area contributed by atoms with Gasteiger partial charge in [-0.1, -0.05) is 6.42 Å². The van der Waals surface area contributed by atoms with Gasteiger partial charge in [0.25, 0.3) is 0 Å². The molecule has 0 aliphatic heterocycles. The first-order valence-electron chi connectivity index (χ1n) is 7.88. The summed E-state index contributed by atoms with van der Waals surface area (Å²) in [5.74, 6) is 2.16. The number of nitrogens with one attached hydrogen (secondary N) is 1. The van der Waals surface area contributed by atoms with E-state index in [-0.39, 0.29) is 11.8 Å². The monoisotopic (exact) mass is 306 g/mol. The van der Waals surface area contributed by atoms with Crippen molar-refractivity contribution in [2.24, 2.45) is 17.6 Å². The standard InChI is InChI=1S/C17H26N2O3/c1-21-14-6-7-16(22-2)12(10-14)8-9-19-17(20)15-5-3-4-13(15)11-18/h6-7,10,13,15H,3-5,8-9,11,18H2,1-2H3,(H,19,20)/t13-,15-/m1/s1. The molecule has 1 aromatic carbocycles. The predicted molar refractivity (Wildman–Crippen MR) is 86.1 cm³/mol. The van der Waals surface area contributed by atoms with E-state index in [1.165, 1.54) is 0 Å². The third-order valence-corrected chi connectivity index (χ3v) is 4.48. The van der Waals surface area contributed by atoms with Crippen molar-refractivity contribution in [2.75, 3.05) is 27.3 Å². The molecule has 1 aromatic rings. The van der Waals surface area contributed by atoms with Gasteiger partial charge in [0, 0.05) is 12.5 Å². The zero-order valence-electron chi connectivity index (χ0n) is 13.4. The smallest absolute Gasteiger partial charge is 0.223 e. The van der Waals surface area contributed by atoms with Gasteiger partial charge < -0.3 is 20.5 Å². The molecule has 0 heterocycles. The third kappa shape index (κ3) is 3.91. The number of hydrogen-bond acceptors (Lipinski definition) is 4. The van der Waals surface area contributed by atoms with E-state index in [4.69, 9.17) is 15.2 Å². The molecule has 0 spiro atoms. The Morgan fingerprint density at radius 1 is 1.32 bits per heavy atom. The van der Waals surface area contributed by atoms with Gasteiger partial charge in [-0.05, 0) is 55.5 Å². The van der Waals surface area contributed by atoms with Crippen LogP contribution in [0.25, 0.3) is 0 Å². The van der Waals surface area contributed by atoms with Gasteiger partial charge in [-0.25, -0.2) is 0 Å². The number of amides is 1. The summed E-state index contributed by atoms with van der Waals surface area (Å²) in [6.07, 6.45) is 3.84. The molecule has 0 radical (unpaired) electrons. The number of ether oxygens (including phenoxy) is 2. The fourth-order valence-corrected chi connectivity index (χ4v) is 3.19. The molecule has 5 nitrogen and oxygen atoms in total. The molecule has 1 aliphatic carbocycles. The number of hydrogen-bond donors (Lipinski definition) is 2. The molecular formula is C17H26N2O3. The van der Waals surface area contributed by atoms with E-state index < -0.39 is 0 Å². The Labute approximate surface area is 132 Å². The molecule has 0 bridgehead atoms. The van der Waals surface area contributed by atoms with E-state index in [9.17, 15) is 4.79 Å². The van der Waals surface area contributed by atoms with Gasteiger partial charge in [0.15, 0.2) is 0 Å². The summed E-state index contributed by atoms with van der Waals surface area (Å²) in [5, 5.41) is 3.04. The predicted octanol–water partition coefficient (Wildman–Crippen LogP) is 1.74. The molecule has 122 valence electrons. The molecule has 2 rings (SSSR count). The molecule has 1 amide bonds. The number of rotatable bonds is 7. The Balaban J connectivity index is 1.89. The number of methoxy groups -OCH3 is 2. The quantitative estimate of drug-likeness (QED) is 0.805. The fraction of sp³-hybridized carbons (Fsp3) is 0.588. The SMILES string of the molecule is COc1ccc(OC)c(CCNC(=O)[C@@H]2CCC[C@@H]2CN)c1. The minimum Gasteiger partial charge on any atom is -0.497 e. The molecule has 22 heavy (non-hydrogen) atoms. The van der Waals surface area contributed by atoms with Gasteiger partial charge in [-0.2, -0.15) is 0 Å². The molecule has 1 saturated carbocycles. The van der Waals surface area contributed by atoms with Crippen LogP contribution in [-0.4, -0.2) is 33.2 Å². The summed E-state index contributed by atoms with van der Waals surface area (Å²) >= 11 is 0. The van der Waals surface area contributed by atoms with Crippen molar-refractivity contribution in [1.29, 1.82) is 0 Å². The number of benzene rings is 1. The van der Waals surface area contributed by atoms with Crippen LogP contribution in [0.3, 0.4) is 0 Å². The van der Waals surface area contributed by atoms with Crippen LogP contribution < -0.4 is 20.5 Å². The molecule has 0 aromatic heterocycles. The fourth-order valence-electron chi connectivity index (χ4n) is 3.19. The average molecular weight is 306 g/mol. The van der Waals surface area contributed by atoms with Crippen LogP contribution in [0.4, 0.5) is 0 Å². The molecule has 0 unspecified atom stereocenters. The highest BCUT2D eigenvalue weighted by Crippen LogP contribution is 2.31. The van der Waals surface area contributed by atoms with Crippen molar-refractivity contribution in [1.82, 2.24) is 5.32 Å². The number of nitrogens with two attached hydrogens (primary N) is 1. The highest BCUT2D eigenvalue weighted by molar-refractivity contribution is 5.79. The van der Waals surface area contributed by atoms with Crippen molar-refractivity contribution in [3.63, 3.8) is 0 Å². The maximum absolute atomic E-state index is 12.3. The first-order chi connectivity index (χ1) is 10.7. The Bertz CT molecular complexity index is 505. The highest BCUT2D eigenvalue weighted by atomic mass is 16.5. The van der Waals surface area contributed by atoms with Crippen LogP contribution in [0.5, 0.6) is 11.5 Å². The van der Waals surface area contributed by atoms with E-state index in [0.29, 0.717) is 25.4 Å². The van der Waals surface area contributed by atoms with Crippen molar-refractivity contribution in [3.05, 3.63) is 23.8 Å². The normalized spacial score (nSPS) is 20.7. The molecule has 0 saturated heterocycles. The molecule has 5 heteroatoms. The van der Waals surface area contributed by atoms with E-state index >= 15 is 0 Å². The summed E-state index contributed by atoms with van der Waals surface area (Å²) < 4.78 is 10.6. The molecule has 1 fully saturated rings. The topological polar surface area (TPSA) is 73.6 Å². The lowest BCUT2D eigenvalue weighted by atomic mass is 9.95. The minimum atomic E-state index is 0.0807. The molecule has 2 atom stereocenters. The van der Waals surface area contributed by atoms with E-state index in [0.717, 1.165) is 36.3 Å². The van der Waals surface area contributed by atoms with E-state index in [1.54, 1.807) is 14.2 Å². The molecule has 1 aliphatic rings. The summed E-state index contributed by atoms with van der Waals surface area (Å²) in [4.78, 5) is 12.3. The Morgan fingerprint density at radius 2 is 2.14 bits per heavy atom. The van der Waals surface area contributed by atoms with Gasteiger partial charge in [0.1, 0.15) is 11.5 Å². The Kier molecular flexibility index (Phi) is 6.07. The Morgan fingerprint density at radius 3 is 2.82 bits per heavy atom. The zero-order chi connectivity index (χ0) is 15.9. The summed E-state index contributed by atoms with van der Waals surface area (Å²) in [5.41, 5.74) is 6.77. The van der Waals surface area contributed by atoms with Gasteiger partial charge in [0.05, 0.1) is 14.2 Å². The Hall–Kier alpha value is -1.75. The van der Waals surface area contributed by atoms with Crippen LogP contribution in [0.15, 0.2) is 18.2 Å². The van der Waals surface area contributed by atoms with Crippen LogP contribution in [-0.2, 0) is 11.2 Å². The van der Waals surface area contributed by atoms with Crippen LogP contribution >= 0.6 is 0 Å². The highest BCUT2D eigenvalue weighted by Gasteiger charge is 2.31. The van der Waals surface area contributed by atoms with Crippen molar-refractivity contribution < 1.29 is 14.3 Å². The second-order valence-electron chi connectivity index (χ2n) is 5.75. The average Bonchev–Trinajstić information content (AvgIpc) is 3.03. The maximum atomic E-state index is 12.3. The van der Waals surface area contributed by atoms with Crippen LogP contribution in [0, 0.1) is 11.8 Å². The van der Waals surface area contributed by atoms with Gasteiger partial charge in [-0.15, -0.1) is 0 Å².